The first kappa shape index (κ1) is 27.0. The lowest BCUT2D eigenvalue weighted by Crippen LogP contribution is -2.29. The van der Waals surface area contributed by atoms with Gasteiger partial charge in [0, 0.05) is 5.56 Å². The van der Waals surface area contributed by atoms with Gasteiger partial charge in [-0.05, 0) is 73.5 Å². The third-order valence-corrected chi connectivity index (χ3v) is 7.64. The number of fused-ring (bicyclic) bond motifs is 1. The van der Waals surface area contributed by atoms with Gasteiger partial charge in [0.05, 0.1) is 49.8 Å². The van der Waals surface area contributed by atoms with Crippen molar-refractivity contribution in [2.24, 2.45) is 0 Å². The van der Waals surface area contributed by atoms with Crippen molar-refractivity contribution in [2.75, 3.05) is 32.8 Å². The predicted octanol–water partition coefficient (Wildman–Crippen LogP) is 5.66. The van der Waals surface area contributed by atoms with Crippen molar-refractivity contribution in [1.29, 1.82) is 0 Å². The van der Waals surface area contributed by atoms with Crippen molar-refractivity contribution >= 4 is 44.1 Å². The fourth-order valence-electron chi connectivity index (χ4n) is 4.76. The molecule has 4 aromatic rings. The van der Waals surface area contributed by atoms with Gasteiger partial charge in [-0.15, -0.1) is 0 Å². The Hall–Kier alpha value is -4.57. The van der Waals surface area contributed by atoms with Crippen LogP contribution in [-0.2, 0) is 9.59 Å². The number of aromatic nitrogens is 1. The van der Waals surface area contributed by atoms with Gasteiger partial charge in [0.1, 0.15) is 11.5 Å². The highest BCUT2D eigenvalue weighted by Gasteiger charge is 2.48. The number of carbonyl (C=O) groups is 2. The number of aliphatic hydroxyl groups is 1. The minimum atomic E-state index is -1.03. The highest BCUT2D eigenvalue weighted by atomic mass is 32.1. The molecule has 1 fully saturated rings. The molecule has 1 aliphatic heterocycles. The summed E-state index contributed by atoms with van der Waals surface area (Å²) < 4.78 is 23.0. The minimum absolute atomic E-state index is 0.0844. The summed E-state index contributed by atoms with van der Waals surface area (Å²) in [6.45, 7) is 4.33. The van der Waals surface area contributed by atoms with Gasteiger partial charge < -0.3 is 24.1 Å². The second-order valence-corrected chi connectivity index (χ2v) is 10.1. The first-order chi connectivity index (χ1) is 19.3. The van der Waals surface area contributed by atoms with Gasteiger partial charge in [-0.2, -0.15) is 0 Å². The molecular weight excluding hydrogens is 532 g/mol. The zero-order valence-electron chi connectivity index (χ0n) is 22.7. The molecule has 10 heteroatoms. The van der Waals surface area contributed by atoms with Crippen LogP contribution in [0.15, 0.2) is 60.2 Å². The van der Waals surface area contributed by atoms with Gasteiger partial charge in [0.15, 0.2) is 16.6 Å². The zero-order valence-corrected chi connectivity index (χ0v) is 23.5. The molecular formula is C30H28N2O7S. The second-order valence-electron chi connectivity index (χ2n) is 9.05. The average molecular weight is 561 g/mol. The number of hydrogen-bond acceptors (Lipinski definition) is 9. The molecule has 1 aromatic heterocycles. The van der Waals surface area contributed by atoms with Crippen LogP contribution in [-0.4, -0.2) is 49.7 Å². The minimum Gasteiger partial charge on any atom is -0.507 e. The van der Waals surface area contributed by atoms with Crippen molar-refractivity contribution in [3.05, 3.63) is 76.9 Å². The number of ketones is 1. The monoisotopic (exact) mass is 560 g/mol. The fourth-order valence-corrected chi connectivity index (χ4v) is 5.85. The predicted molar refractivity (Wildman–Crippen MR) is 153 cm³/mol. The van der Waals surface area contributed by atoms with Crippen LogP contribution < -0.4 is 23.8 Å². The van der Waals surface area contributed by atoms with E-state index in [2.05, 4.69) is 4.98 Å². The van der Waals surface area contributed by atoms with Crippen LogP contribution in [0.3, 0.4) is 0 Å². The quantitative estimate of drug-likeness (QED) is 0.167. The SMILES string of the molecule is CCOc1ccc(/C(O)=C2\C(=O)C(=O)N(c3nc4ccc(C)cc4s3)C2c2cc(OC)c(OC)c(OC)c2)cc1. The van der Waals surface area contributed by atoms with Gasteiger partial charge in [-0.3, -0.25) is 14.5 Å². The third kappa shape index (κ3) is 4.60. The lowest BCUT2D eigenvalue weighted by atomic mass is 9.94. The van der Waals surface area contributed by atoms with Crippen LogP contribution in [0.5, 0.6) is 23.0 Å². The van der Waals surface area contributed by atoms with E-state index in [1.165, 1.54) is 37.6 Å². The standard InChI is InChI=1S/C30H28N2O7S/c1-6-39-19-10-8-17(9-11-19)26(33)24-25(18-14-21(36-3)28(38-5)22(15-18)37-4)32(29(35)27(24)34)30-31-20-12-7-16(2)13-23(20)40-30/h7-15,25,33H,6H2,1-5H3/b26-24+. The maximum atomic E-state index is 13.6. The van der Waals surface area contributed by atoms with Gasteiger partial charge in [-0.1, -0.05) is 17.4 Å². The summed E-state index contributed by atoms with van der Waals surface area (Å²) in [6, 6.07) is 14.7. The Morgan fingerprint density at radius 1 is 0.975 bits per heavy atom. The van der Waals surface area contributed by atoms with Crippen molar-refractivity contribution in [2.45, 2.75) is 19.9 Å². The third-order valence-electron chi connectivity index (χ3n) is 6.62. The average Bonchev–Trinajstić information content (AvgIpc) is 3.49. The Kier molecular flexibility index (Phi) is 7.36. The molecule has 1 aliphatic rings. The smallest absolute Gasteiger partial charge is 0.301 e. The van der Waals surface area contributed by atoms with E-state index in [0.29, 0.717) is 51.4 Å². The number of anilines is 1. The number of aliphatic hydroxyl groups excluding tert-OH is 1. The molecule has 206 valence electrons. The first-order valence-electron chi connectivity index (χ1n) is 12.5. The number of carbonyl (C=O) groups excluding carboxylic acids is 2. The number of ether oxygens (including phenoxy) is 4. The molecule has 0 saturated carbocycles. The zero-order chi connectivity index (χ0) is 28.6. The molecule has 2 heterocycles. The molecule has 5 rings (SSSR count). The molecule has 3 aromatic carbocycles. The number of nitrogens with zero attached hydrogens (tertiary/aromatic N) is 2. The van der Waals surface area contributed by atoms with E-state index in [-0.39, 0.29) is 11.3 Å². The Balaban J connectivity index is 1.75. The molecule has 1 amide bonds. The Labute approximate surface area is 235 Å². The van der Waals surface area contributed by atoms with E-state index in [4.69, 9.17) is 18.9 Å². The maximum absolute atomic E-state index is 13.6. The molecule has 40 heavy (non-hydrogen) atoms. The Morgan fingerprint density at radius 3 is 2.25 bits per heavy atom. The lowest BCUT2D eigenvalue weighted by Gasteiger charge is -2.24. The number of rotatable bonds is 8. The van der Waals surface area contributed by atoms with Crippen molar-refractivity contribution < 1.29 is 33.6 Å². The number of Topliss-reactive ketones (excluding diaryl/α,β-unsaturated/α-hetero) is 1. The van der Waals surface area contributed by atoms with Crippen LogP contribution in [0.1, 0.15) is 29.7 Å². The lowest BCUT2D eigenvalue weighted by molar-refractivity contribution is -0.132. The van der Waals surface area contributed by atoms with E-state index in [1.807, 2.05) is 32.0 Å². The van der Waals surface area contributed by atoms with E-state index < -0.39 is 17.7 Å². The first-order valence-corrected chi connectivity index (χ1v) is 13.3. The topological polar surface area (TPSA) is 107 Å². The summed E-state index contributed by atoms with van der Waals surface area (Å²) in [5.74, 6) is -0.313. The van der Waals surface area contributed by atoms with E-state index in [1.54, 1.807) is 36.4 Å². The molecule has 1 unspecified atom stereocenters. The summed E-state index contributed by atoms with van der Waals surface area (Å²) in [6.07, 6.45) is 0. The summed E-state index contributed by atoms with van der Waals surface area (Å²) in [5.41, 5.74) is 2.48. The van der Waals surface area contributed by atoms with E-state index >= 15 is 0 Å². The fraction of sp³-hybridized carbons (Fsp3) is 0.233. The van der Waals surface area contributed by atoms with Gasteiger partial charge >= 0.3 is 5.91 Å². The van der Waals surface area contributed by atoms with Crippen LogP contribution in [0.2, 0.25) is 0 Å². The summed E-state index contributed by atoms with van der Waals surface area (Å²) >= 11 is 1.29. The molecule has 0 radical (unpaired) electrons. The van der Waals surface area contributed by atoms with Crippen LogP contribution in [0.4, 0.5) is 5.13 Å². The number of amides is 1. The molecule has 9 nitrogen and oxygen atoms in total. The molecule has 0 bridgehead atoms. The van der Waals surface area contributed by atoms with Crippen molar-refractivity contribution in [3.8, 4) is 23.0 Å². The summed E-state index contributed by atoms with van der Waals surface area (Å²) in [7, 11) is 4.45. The highest BCUT2D eigenvalue weighted by Crippen LogP contribution is 2.48. The summed E-state index contributed by atoms with van der Waals surface area (Å²) in [4.78, 5) is 33.3. The van der Waals surface area contributed by atoms with Gasteiger partial charge in [-0.25, -0.2) is 4.98 Å². The number of benzene rings is 3. The molecule has 0 aliphatic carbocycles. The normalized spacial score (nSPS) is 16.4. The van der Waals surface area contributed by atoms with E-state index in [9.17, 15) is 14.7 Å². The molecule has 1 atom stereocenters. The molecule has 1 N–H and O–H groups in total. The number of aryl methyl sites for hydroxylation is 1. The number of thiazole rings is 1. The molecule has 1 saturated heterocycles. The highest BCUT2D eigenvalue weighted by molar-refractivity contribution is 7.22. The summed E-state index contributed by atoms with van der Waals surface area (Å²) in [5, 5.41) is 11.8. The maximum Gasteiger partial charge on any atom is 0.301 e. The number of methoxy groups -OCH3 is 3. The Bertz CT molecular complexity index is 1620. The molecule has 0 spiro atoms. The second kappa shape index (κ2) is 10.9. The van der Waals surface area contributed by atoms with E-state index in [0.717, 1.165) is 10.3 Å². The van der Waals surface area contributed by atoms with Crippen LogP contribution >= 0.6 is 11.3 Å². The Morgan fingerprint density at radius 2 is 1.65 bits per heavy atom. The van der Waals surface area contributed by atoms with Crippen molar-refractivity contribution in [1.82, 2.24) is 4.98 Å². The van der Waals surface area contributed by atoms with Crippen LogP contribution in [0, 0.1) is 6.92 Å². The number of hydrogen-bond donors (Lipinski definition) is 1. The van der Waals surface area contributed by atoms with Crippen molar-refractivity contribution in [3.63, 3.8) is 0 Å². The largest absolute Gasteiger partial charge is 0.507 e. The van der Waals surface area contributed by atoms with Gasteiger partial charge in [0.25, 0.3) is 5.78 Å². The van der Waals surface area contributed by atoms with Crippen LogP contribution in [0.25, 0.3) is 16.0 Å². The van der Waals surface area contributed by atoms with Gasteiger partial charge in [0.2, 0.25) is 5.75 Å².